The van der Waals surface area contributed by atoms with Crippen LogP contribution in [-0.4, -0.2) is 56.4 Å². The first-order valence-corrected chi connectivity index (χ1v) is 6.05. The first-order valence-electron chi connectivity index (χ1n) is 6.05. The molecule has 0 aliphatic carbocycles. The van der Waals surface area contributed by atoms with Crippen LogP contribution in [0.5, 0.6) is 5.75 Å². The Labute approximate surface area is 102 Å². The zero-order valence-corrected chi connectivity index (χ0v) is 10.3. The summed E-state index contributed by atoms with van der Waals surface area (Å²) in [6.07, 6.45) is 0. The normalized spacial score (nSPS) is 17.4. The molecule has 0 atom stereocenters. The molecule has 4 nitrogen and oxygen atoms in total. The largest absolute Gasteiger partial charge is 0.508 e. The Balaban J connectivity index is 1.84. The molecule has 1 aromatic rings. The second-order valence-electron chi connectivity index (χ2n) is 4.34. The highest BCUT2D eigenvalue weighted by atomic mass is 16.5. The third kappa shape index (κ3) is 3.35. The Bertz CT molecular complexity index is 332. The van der Waals surface area contributed by atoms with Gasteiger partial charge < -0.3 is 14.7 Å². The van der Waals surface area contributed by atoms with Crippen LogP contribution in [0.15, 0.2) is 24.3 Å². The lowest BCUT2D eigenvalue weighted by Gasteiger charge is -2.36. The maximum atomic E-state index is 9.25. The molecule has 1 saturated heterocycles. The molecule has 1 heterocycles. The van der Waals surface area contributed by atoms with E-state index in [-0.39, 0.29) is 0 Å². The molecule has 0 aromatic heterocycles. The van der Waals surface area contributed by atoms with Crippen LogP contribution in [0.4, 0.5) is 5.69 Å². The van der Waals surface area contributed by atoms with Gasteiger partial charge in [-0.3, -0.25) is 4.90 Å². The van der Waals surface area contributed by atoms with E-state index in [0.717, 1.165) is 39.3 Å². The lowest BCUT2D eigenvalue weighted by atomic mass is 10.2. The second-order valence-corrected chi connectivity index (χ2v) is 4.34. The van der Waals surface area contributed by atoms with Crippen molar-refractivity contribution >= 4 is 5.69 Å². The van der Waals surface area contributed by atoms with Gasteiger partial charge in [-0.1, -0.05) is 0 Å². The number of hydrogen-bond acceptors (Lipinski definition) is 4. The van der Waals surface area contributed by atoms with Gasteiger partial charge in [-0.25, -0.2) is 0 Å². The molecule has 0 bridgehead atoms. The monoisotopic (exact) mass is 236 g/mol. The fraction of sp³-hybridized carbons (Fsp3) is 0.538. The molecule has 1 aliphatic rings. The van der Waals surface area contributed by atoms with Gasteiger partial charge in [0.25, 0.3) is 0 Å². The number of rotatable bonds is 4. The van der Waals surface area contributed by atoms with Crippen LogP contribution in [0.25, 0.3) is 0 Å². The Morgan fingerprint density at radius 3 is 2.35 bits per heavy atom. The first kappa shape index (κ1) is 12.2. The van der Waals surface area contributed by atoms with Crippen molar-refractivity contribution in [3.63, 3.8) is 0 Å². The number of phenols is 1. The van der Waals surface area contributed by atoms with E-state index in [1.54, 1.807) is 19.2 Å². The predicted octanol–water partition coefficient (Wildman–Crippen LogP) is 1.16. The summed E-state index contributed by atoms with van der Waals surface area (Å²) >= 11 is 0. The smallest absolute Gasteiger partial charge is 0.115 e. The molecule has 1 aliphatic heterocycles. The van der Waals surface area contributed by atoms with Crippen molar-refractivity contribution in [3.8, 4) is 5.75 Å². The molecular formula is C13H20N2O2. The van der Waals surface area contributed by atoms with E-state index in [0.29, 0.717) is 5.75 Å². The quantitative estimate of drug-likeness (QED) is 0.851. The van der Waals surface area contributed by atoms with Crippen LogP contribution in [0, 0.1) is 0 Å². The third-order valence-corrected chi connectivity index (χ3v) is 3.20. The minimum Gasteiger partial charge on any atom is -0.508 e. The van der Waals surface area contributed by atoms with Crippen LogP contribution in [-0.2, 0) is 4.74 Å². The second kappa shape index (κ2) is 5.89. The summed E-state index contributed by atoms with van der Waals surface area (Å²) in [4.78, 5) is 4.77. The van der Waals surface area contributed by atoms with Crippen molar-refractivity contribution in [2.75, 3.05) is 51.3 Å². The van der Waals surface area contributed by atoms with Crippen molar-refractivity contribution in [3.05, 3.63) is 24.3 Å². The van der Waals surface area contributed by atoms with E-state index in [1.807, 2.05) is 12.1 Å². The Morgan fingerprint density at radius 1 is 1.12 bits per heavy atom. The molecule has 0 spiro atoms. The number of hydrogen-bond donors (Lipinski definition) is 1. The van der Waals surface area contributed by atoms with E-state index >= 15 is 0 Å². The van der Waals surface area contributed by atoms with Crippen molar-refractivity contribution in [1.82, 2.24) is 4.90 Å². The Hall–Kier alpha value is -1.26. The summed E-state index contributed by atoms with van der Waals surface area (Å²) < 4.78 is 5.09. The number of anilines is 1. The summed E-state index contributed by atoms with van der Waals surface area (Å²) in [5, 5.41) is 9.25. The summed E-state index contributed by atoms with van der Waals surface area (Å²) in [5.41, 5.74) is 1.19. The lowest BCUT2D eigenvalue weighted by Crippen LogP contribution is -2.47. The topological polar surface area (TPSA) is 35.9 Å². The number of benzene rings is 1. The van der Waals surface area contributed by atoms with Crippen molar-refractivity contribution in [2.45, 2.75) is 0 Å². The van der Waals surface area contributed by atoms with E-state index in [1.165, 1.54) is 5.69 Å². The van der Waals surface area contributed by atoms with Crippen molar-refractivity contribution in [1.29, 1.82) is 0 Å². The maximum absolute atomic E-state index is 9.25. The summed E-state index contributed by atoms with van der Waals surface area (Å²) in [5.74, 6) is 0.326. The van der Waals surface area contributed by atoms with Crippen LogP contribution < -0.4 is 4.90 Å². The molecule has 1 aromatic carbocycles. The molecule has 94 valence electrons. The Morgan fingerprint density at radius 2 is 1.76 bits per heavy atom. The van der Waals surface area contributed by atoms with Gasteiger partial charge in [-0.15, -0.1) is 0 Å². The van der Waals surface area contributed by atoms with E-state index in [2.05, 4.69) is 9.80 Å². The molecule has 1 N–H and O–H groups in total. The average molecular weight is 236 g/mol. The highest BCUT2D eigenvalue weighted by Crippen LogP contribution is 2.19. The molecule has 4 heteroatoms. The summed E-state index contributed by atoms with van der Waals surface area (Å²) in [6.45, 7) is 6.04. The molecular weight excluding hydrogens is 216 g/mol. The van der Waals surface area contributed by atoms with E-state index < -0.39 is 0 Å². The van der Waals surface area contributed by atoms with E-state index in [9.17, 15) is 5.11 Å². The van der Waals surface area contributed by atoms with Gasteiger partial charge >= 0.3 is 0 Å². The minimum atomic E-state index is 0.326. The highest BCUT2D eigenvalue weighted by Gasteiger charge is 2.16. The molecule has 2 rings (SSSR count). The summed E-state index contributed by atoms with van der Waals surface area (Å²) in [6, 6.07) is 7.43. The van der Waals surface area contributed by atoms with Gasteiger partial charge in [-0.05, 0) is 24.3 Å². The van der Waals surface area contributed by atoms with Crippen molar-refractivity contribution in [2.24, 2.45) is 0 Å². The minimum absolute atomic E-state index is 0.326. The number of phenolic OH excluding ortho intramolecular Hbond substituents is 1. The highest BCUT2D eigenvalue weighted by molar-refractivity contribution is 5.49. The van der Waals surface area contributed by atoms with Crippen LogP contribution >= 0.6 is 0 Å². The summed E-state index contributed by atoms with van der Waals surface area (Å²) in [7, 11) is 1.74. The number of ether oxygens (including phenoxy) is 1. The van der Waals surface area contributed by atoms with Crippen LogP contribution in [0.2, 0.25) is 0 Å². The fourth-order valence-corrected chi connectivity index (χ4v) is 2.11. The number of aromatic hydroxyl groups is 1. The number of nitrogens with zero attached hydrogens (tertiary/aromatic N) is 2. The van der Waals surface area contributed by atoms with Gasteiger partial charge in [0.15, 0.2) is 0 Å². The standard InChI is InChI=1S/C13H20N2O2/c1-17-11-10-14-6-8-15(9-7-14)12-2-4-13(16)5-3-12/h2-5,16H,6-11H2,1H3. The van der Waals surface area contributed by atoms with Gasteiger partial charge in [0, 0.05) is 45.5 Å². The third-order valence-electron chi connectivity index (χ3n) is 3.20. The molecule has 0 saturated carbocycles. The van der Waals surface area contributed by atoms with E-state index in [4.69, 9.17) is 4.74 Å². The molecule has 0 unspecified atom stereocenters. The van der Waals surface area contributed by atoms with Gasteiger partial charge in [0.1, 0.15) is 5.75 Å². The average Bonchev–Trinajstić information content (AvgIpc) is 2.38. The zero-order valence-electron chi connectivity index (χ0n) is 10.3. The van der Waals surface area contributed by atoms with Gasteiger partial charge in [0.05, 0.1) is 6.61 Å². The SMILES string of the molecule is COCCN1CCN(c2ccc(O)cc2)CC1. The van der Waals surface area contributed by atoms with Crippen molar-refractivity contribution < 1.29 is 9.84 Å². The lowest BCUT2D eigenvalue weighted by molar-refractivity contribution is 0.144. The number of methoxy groups -OCH3 is 1. The molecule has 0 amide bonds. The Kier molecular flexibility index (Phi) is 4.23. The number of piperazine rings is 1. The molecule has 0 radical (unpaired) electrons. The van der Waals surface area contributed by atoms with Gasteiger partial charge in [-0.2, -0.15) is 0 Å². The zero-order chi connectivity index (χ0) is 12.1. The molecule has 1 fully saturated rings. The maximum Gasteiger partial charge on any atom is 0.115 e. The first-order chi connectivity index (χ1) is 8.29. The van der Waals surface area contributed by atoms with Gasteiger partial charge in [0.2, 0.25) is 0 Å². The fourth-order valence-electron chi connectivity index (χ4n) is 2.11. The van der Waals surface area contributed by atoms with Crippen LogP contribution in [0.3, 0.4) is 0 Å². The van der Waals surface area contributed by atoms with Crippen LogP contribution in [0.1, 0.15) is 0 Å². The predicted molar refractivity (Wildman–Crippen MR) is 68.6 cm³/mol. The molecule has 17 heavy (non-hydrogen) atoms.